The van der Waals surface area contributed by atoms with E-state index in [0.29, 0.717) is 0 Å². The minimum atomic E-state index is 0.0685. The van der Waals surface area contributed by atoms with Crippen LogP contribution in [-0.2, 0) is 0 Å². The number of aromatic nitrogens is 1. The monoisotopic (exact) mass is 268 g/mol. The third-order valence-corrected chi connectivity index (χ3v) is 3.61. The van der Waals surface area contributed by atoms with Gasteiger partial charge in [0, 0.05) is 22.8 Å². The fourth-order valence-corrected chi connectivity index (χ4v) is 2.63. The summed E-state index contributed by atoms with van der Waals surface area (Å²) >= 11 is 1.53. The van der Waals surface area contributed by atoms with Crippen molar-refractivity contribution in [2.75, 3.05) is 5.32 Å². The maximum Gasteiger partial charge on any atom is 0.187 e. The van der Waals surface area contributed by atoms with Crippen molar-refractivity contribution >= 4 is 38.7 Å². The second-order valence-electron chi connectivity index (χ2n) is 4.26. The number of benzene rings is 2. The Hall–Kier alpha value is -2.20. The van der Waals surface area contributed by atoms with E-state index in [9.17, 15) is 4.79 Å². The van der Waals surface area contributed by atoms with Gasteiger partial charge in [-0.25, -0.2) is 4.98 Å². The fraction of sp³-hybridized carbons (Fsp3) is 0.0667. The van der Waals surface area contributed by atoms with Crippen molar-refractivity contribution < 1.29 is 4.79 Å². The molecule has 4 heteroatoms. The normalized spacial score (nSPS) is 10.6. The van der Waals surface area contributed by atoms with Gasteiger partial charge in [0.1, 0.15) is 0 Å². The Kier molecular flexibility index (Phi) is 3.01. The van der Waals surface area contributed by atoms with Gasteiger partial charge in [-0.15, -0.1) is 11.3 Å². The molecule has 19 heavy (non-hydrogen) atoms. The average Bonchev–Trinajstić information content (AvgIpc) is 2.90. The van der Waals surface area contributed by atoms with Gasteiger partial charge in [-0.2, -0.15) is 0 Å². The molecule has 94 valence electrons. The Morgan fingerprint density at radius 2 is 2.11 bits per heavy atom. The van der Waals surface area contributed by atoms with E-state index in [0.717, 1.165) is 27.2 Å². The molecule has 0 spiro atoms. The molecule has 1 heterocycles. The molecule has 0 saturated carbocycles. The smallest absolute Gasteiger partial charge is 0.187 e. The van der Waals surface area contributed by atoms with Crippen LogP contribution in [0.4, 0.5) is 10.8 Å². The summed E-state index contributed by atoms with van der Waals surface area (Å²) in [6.45, 7) is 1.59. The van der Waals surface area contributed by atoms with Gasteiger partial charge >= 0.3 is 0 Å². The summed E-state index contributed by atoms with van der Waals surface area (Å²) in [5, 5.41) is 8.00. The molecule has 1 N–H and O–H groups in total. The maximum absolute atomic E-state index is 11.8. The van der Waals surface area contributed by atoms with E-state index in [1.165, 1.54) is 11.3 Å². The summed E-state index contributed by atoms with van der Waals surface area (Å²) in [5.41, 5.74) is 1.62. The molecular weight excluding hydrogens is 256 g/mol. The zero-order valence-corrected chi connectivity index (χ0v) is 11.2. The Balaban J connectivity index is 2.13. The van der Waals surface area contributed by atoms with Crippen molar-refractivity contribution in [2.24, 2.45) is 0 Å². The van der Waals surface area contributed by atoms with Gasteiger partial charge in [0.2, 0.25) is 0 Å². The number of fused-ring (bicyclic) bond motifs is 1. The molecule has 2 aromatic carbocycles. The van der Waals surface area contributed by atoms with Crippen LogP contribution in [0.25, 0.3) is 10.8 Å². The van der Waals surface area contributed by atoms with Crippen molar-refractivity contribution in [2.45, 2.75) is 6.92 Å². The van der Waals surface area contributed by atoms with E-state index in [4.69, 9.17) is 0 Å². The fourth-order valence-electron chi connectivity index (χ4n) is 2.08. The minimum Gasteiger partial charge on any atom is -0.332 e. The van der Waals surface area contributed by atoms with Gasteiger partial charge in [0.15, 0.2) is 10.9 Å². The molecule has 0 bridgehead atoms. The van der Waals surface area contributed by atoms with Gasteiger partial charge < -0.3 is 5.32 Å². The predicted molar refractivity (Wildman–Crippen MR) is 79.3 cm³/mol. The van der Waals surface area contributed by atoms with Gasteiger partial charge in [0.05, 0.1) is 0 Å². The quantitative estimate of drug-likeness (QED) is 0.722. The first-order chi connectivity index (χ1) is 9.24. The van der Waals surface area contributed by atoms with Gasteiger partial charge in [-0.3, -0.25) is 4.79 Å². The van der Waals surface area contributed by atoms with Crippen LogP contribution in [0.2, 0.25) is 0 Å². The lowest BCUT2D eigenvalue weighted by atomic mass is 10.0. The molecule has 0 aliphatic rings. The molecule has 0 saturated heterocycles. The lowest BCUT2D eigenvalue weighted by Gasteiger charge is -2.08. The molecule has 0 atom stereocenters. The van der Waals surface area contributed by atoms with Gasteiger partial charge in [-0.05, 0) is 29.8 Å². The Morgan fingerprint density at radius 1 is 1.26 bits per heavy atom. The number of Topliss-reactive ketones (excluding diaryl/α,β-unsaturated/α-hetero) is 1. The van der Waals surface area contributed by atoms with Crippen LogP contribution in [0.5, 0.6) is 0 Å². The SMILES string of the molecule is CC(=O)c1cc(Nc2nccs2)cc2ccccc12. The Morgan fingerprint density at radius 3 is 2.84 bits per heavy atom. The first kappa shape index (κ1) is 11.9. The second-order valence-corrected chi connectivity index (χ2v) is 5.16. The molecule has 1 aromatic heterocycles. The number of carbonyl (C=O) groups excluding carboxylic acids is 1. The van der Waals surface area contributed by atoms with E-state index in [2.05, 4.69) is 10.3 Å². The number of carbonyl (C=O) groups is 1. The number of anilines is 2. The van der Waals surface area contributed by atoms with Crippen LogP contribution in [0.3, 0.4) is 0 Å². The molecular formula is C15H12N2OS. The van der Waals surface area contributed by atoms with E-state index in [1.54, 1.807) is 13.1 Å². The summed E-state index contributed by atoms with van der Waals surface area (Å²) in [4.78, 5) is 16.0. The molecule has 3 rings (SSSR count). The van der Waals surface area contributed by atoms with Crippen LogP contribution >= 0.6 is 11.3 Å². The number of nitrogens with one attached hydrogen (secondary N) is 1. The van der Waals surface area contributed by atoms with Crippen LogP contribution < -0.4 is 5.32 Å². The molecule has 0 unspecified atom stereocenters. The van der Waals surface area contributed by atoms with Crippen LogP contribution in [-0.4, -0.2) is 10.8 Å². The number of hydrogen-bond donors (Lipinski definition) is 1. The molecule has 0 aliphatic carbocycles. The summed E-state index contributed by atoms with van der Waals surface area (Å²) in [5.74, 6) is 0.0685. The molecule has 3 aromatic rings. The summed E-state index contributed by atoms with van der Waals surface area (Å²) < 4.78 is 0. The molecule has 0 radical (unpaired) electrons. The molecule has 0 amide bonds. The third-order valence-electron chi connectivity index (χ3n) is 2.92. The van der Waals surface area contributed by atoms with Crippen LogP contribution in [0.15, 0.2) is 48.0 Å². The standard InChI is InChI=1S/C15H12N2OS/c1-10(18)14-9-12(17-15-16-6-7-19-15)8-11-4-2-3-5-13(11)14/h2-9H,1H3,(H,16,17). The van der Waals surface area contributed by atoms with Crippen molar-refractivity contribution in [1.29, 1.82) is 0 Å². The number of rotatable bonds is 3. The average molecular weight is 268 g/mol. The van der Waals surface area contributed by atoms with E-state index < -0.39 is 0 Å². The highest BCUT2D eigenvalue weighted by Gasteiger charge is 2.08. The predicted octanol–water partition coefficient (Wildman–Crippen LogP) is 4.24. The van der Waals surface area contributed by atoms with Crippen LogP contribution in [0.1, 0.15) is 17.3 Å². The van der Waals surface area contributed by atoms with Crippen molar-refractivity contribution in [3.63, 3.8) is 0 Å². The summed E-state index contributed by atoms with van der Waals surface area (Å²) in [6, 6.07) is 11.8. The lowest BCUT2D eigenvalue weighted by Crippen LogP contribution is -1.97. The topological polar surface area (TPSA) is 42.0 Å². The van der Waals surface area contributed by atoms with Crippen molar-refractivity contribution in [3.8, 4) is 0 Å². The summed E-state index contributed by atoms with van der Waals surface area (Å²) in [7, 11) is 0. The molecule has 3 nitrogen and oxygen atoms in total. The highest BCUT2D eigenvalue weighted by Crippen LogP contribution is 2.27. The zero-order valence-electron chi connectivity index (χ0n) is 10.4. The molecule has 0 aliphatic heterocycles. The first-order valence-electron chi connectivity index (χ1n) is 5.94. The van der Waals surface area contributed by atoms with Gasteiger partial charge in [-0.1, -0.05) is 24.3 Å². The summed E-state index contributed by atoms with van der Waals surface area (Å²) in [6.07, 6.45) is 1.75. The number of hydrogen-bond acceptors (Lipinski definition) is 4. The third kappa shape index (κ3) is 2.35. The van der Waals surface area contributed by atoms with Gasteiger partial charge in [0.25, 0.3) is 0 Å². The number of ketones is 1. The maximum atomic E-state index is 11.8. The zero-order chi connectivity index (χ0) is 13.2. The highest BCUT2D eigenvalue weighted by atomic mass is 32.1. The van der Waals surface area contributed by atoms with E-state index in [1.807, 2.05) is 41.8 Å². The minimum absolute atomic E-state index is 0.0685. The molecule has 0 fully saturated rings. The number of nitrogens with zero attached hydrogens (tertiary/aromatic N) is 1. The largest absolute Gasteiger partial charge is 0.332 e. The first-order valence-corrected chi connectivity index (χ1v) is 6.82. The van der Waals surface area contributed by atoms with Crippen molar-refractivity contribution in [3.05, 3.63) is 53.5 Å². The second kappa shape index (κ2) is 4.82. The van der Waals surface area contributed by atoms with Crippen molar-refractivity contribution in [1.82, 2.24) is 4.98 Å². The van der Waals surface area contributed by atoms with E-state index >= 15 is 0 Å². The van der Waals surface area contributed by atoms with Crippen LogP contribution in [0, 0.1) is 0 Å². The Labute approximate surface area is 114 Å². The Bertz CT molecular complexity index is 735. The van der Waals surface area contributed by atoms with E-state index in [-0.39, 0.29) is 5.78 Å². The highest BCUT2D eigenvalue weighted by molar-refractivity contribution is 7.13. The number of thiazole rings is 1. The lowest BCUT2D eigenvalue weighted by molar-refractivity contribution is 0.101.